The highest BCUT2D eigenvalue weighted by Crippen LogP contribution is 2.27. The Morgan fingerprint density at radius 2 is 2.10 bits per heavy atom. The van der Waals surface area contributed by atoms with Crippen molar-refractivity contribution >= 4 is 5.95 Å². The van der Waals surface area contributed by atoms with Crippen molar-refractivity contribution in [2.75, 3.05) is 38.3 Å². The minimum Gasteiger partial charge on any atom is -0.383 e. The molecule has 0 saturated heterocycles. The molecule has 1 aliphatic carbocycles. The molecule has 0 atom stereocenters. The van der Waals surface area contributed by atoms with Gasteiger partial charge in [0.05, 0.1) is 6.61 Å². The van der Waals surface area contributed by atoms with E-state index in [9.17, 15) is 0 Å². The van der Waals surface area contributed by atoms with E-state index < -0.39 is 0 Å². The van der Waals surface area contributed by atoms with Crippen LogP contribution in [0.4, 0.5) is 5.95 Å². The average molecular weight is 278 g/mol. The lowest BCUT2D eigenvalue weighted by molar-refractivity contribution is 0.199. The van der Waals surface area contributed by atoms with Gasteiger partial charge in [-0.1, -0.05) is 6.42 Å². The van der Waals surface area contributed by atoms with Crippen LogP contribution in [0.5, 0.6) is 0 Å². The molecule has 1 aromatic heterocycles. The maximum Gasteiger partial charge on any atom is 0.225 e. The van der Waals surface area contributed by atoms with Crippen molar-refractivity contribution in [1.29, 1.82) is 0 Å². The normalized spacial score (nSPS) is 15.1. The van der Waals surface area contributed by atoms with Crippen LogP contribution in [0.3, 0.4) is 0 Å². The molecule has 5 nitrogen and oxygen atoms in total. The predicted molar refractivity (Wildman–Crippen MR) is 80.8 cm³/mol. The number of hydrogen-bond donors (Lipinski definition) is 1. The van der Waals surface area contributed by atoms with Crippen molar-refractivity contribution in [1.82, 2.24) is 15.3 Å². The molecule has 1 aliphatic rings. The molecule has 20 heavy (non-hydrogen) atoms. The Morgan fingerprint density at radius 1 is 1.35 bits per heavy atom. The molecule has 0 radical (unpaired) electrons. The monoisotopic (exact) mass is 278 g/mol. The molecule has 112 valence electrons. The molecule has 1 fully saturated rings. The molecule has 1 N–H and O–H groups in total. The summed E-state index contributed by atoms with van der Waals surface area (Å²) in [6.07, 6.45) is 7.95. The van der Waals surface area contributed by atoms with Crippen LogP contribution in [0.2, 0.25) is 0 Å². The lowest BCUT2D eigenvalue weighted by Crippen LogP contribution is -2.33. The average Bonchev–Trinajstić information content (AvgIpc) is 2.44. The van der Waals surface area contributed by atoms with Gasteiger partial charge in [0, 0.05) is 51.2 Å². The summed E-state index contributed by atoms with van der Waals surface area (Å²) >= 11 is 0. The lowest BCUT2D eigenvalue weighted by Gasteiger charge is -2.31. The first-order valence-electron chi connectivity index (χ1n) is 7.59. The number of ether oxygens (including phenoxy) is 1. The Morgan fingerprint density at radius 3 is 2.65 bits per heavy atom. The van der Waals surface area contributed by atoms with E-state index >= 15 is 0 Å². The van der Waals surface area contributed by atoms with Crippen molar-refractivity contribution in [3.8, 4) is 0 Å². The van der Waals surface area contributed by atoms with Gasteiger partial charge in [-0.05, 0) is 25.7 Å². The predicted octanol–water partition coefficient (Wildman–Crippen LogP) is 1.84. The zero-order valence-electron chi connectivity index (χ0n) is 12.6. The highest BCUT2D eigenvalue weighted by atomic mass is 16.5. The van der Waals surface area contributed by atoms with Gasteiger partial charge >= 0.3 is 0 Å². The molecule has 1 saturated carbocycles. The Kier molecular flexibility index (Phi) is 6.21. The van der Waals surface area contributed by atoms with Gasteiger partial charge in [-0.2, -0.15) is 0 Å². The van der Waals surface area contributed by atoms with Gasteiger partial charge in [0.1, 0.15) is 0 Å². The van der Waals surface area contributed by atoms with E-state index in [1.54, 1.807) is 7.11 Å². The summed E-state index contributed by atoms with van der Waals surface area (Å²) in [5, 5.41) is 3.30. The minimum absolute atomic E-state index is 0.726. The Balaban J connectivity index is 1.82. The number of nitrogens with one attached hydrogen (secondary N) is 1. The van der Waals surface area contributed by atoms with Gasteiger partial charge in [0.15, 0.2) is 0 Å². The van der Waals surface area contributed by atoms with Crippen LogP contribution in [0, 0.1) is 5.92 Å². The van der Waals surface area contributed by atoms with Gasteiger partial charge < -0.3 is 15.0 Å². The zero-order chi connectivity index (χ0) is 14.2. The highest BCUT2D eigenvalue weighted by molar-refractivity contribution is 5.29. The molecule has 1 aromatic rings. The fourth-order valence-electron chi connectivity index (χ4n) is 2.35. The Hall–Kier alpha value is -1.20. The van der Waals surface area contributed by atoms with Crippen molar-refractivity contribution in [2.24, 2.45) is 5.92 Å². The third kappa shape index (κ3) is 4.42. The smallest absolute Gasteiger partial charge is 0.225 e. The summed E-state index contributed by atoms with van der Waals surface area (Å²) in [4.78, 5) is 11.3. The van der Waals surface area contributed by atoms with Gasteiger partial charge in [0.2, 0.25) is 5.95 Å². The van der Waals surface area contributed by atoms with E-state index in [0.717, 1.165) is 50.2 Å². The standard InChI is InChI=1S/C15H26N4O/c1-3-19(12-13-5-4-6-13)15-17-10-14(11-18-15)9-16-7-8-20-2/h10-11,13,16H,3-9,12H2,1-2H3. The van der Waals surface area contributed by atoms with Gasteiger partial charge in [0.25, 0.3) is 0 Å². The zero-order valence-corrected chi connectivity index (χ0v) is 12.6. The van der Waals surface area contributed by atoms with Crippen LogP contribution in [-0.2, 0) is 11.3 Å². The molecule has 1 heterocycles. The summed E-state index contributed by atoms with van der Waals surface area (Å²) < 4.78 is 5.00. The fraction of sp³-hybridized carbons (Fsp3) is 0.733. The number of rotatable bonds is 9. The summed E-state index contributed by atoms with van der Waals surface area (Å²) in [5.41, 5.74) is 1.12. The van der Waals surface area contributed by atoms with Crippen LogP contribution >= 0.6 is 0 Å². The first-order valence-corrected chi connectivity index (χ1v) is 7.59. The first-order chi connectivity index (χ1) is 9.83. The molecule has 5 heteroatoms. The van der Waals surface area contributed by atoms with Crippen LogP contribution in [0.15, 0.2) is 12.4 Å². The van der Waals surface area contributed by atoms with E-state index in [1.165, 1.54) is 19.3 Å². The second-order valence-electron chi connectivity index (χ2n) is 5.40. The summed E-state index contributed by atoms with van der Waals surface area (Å²) in [5.74, 6) is 1.70. The SMILES string of the molecule is CCN(CC1CCC1)c1ncc(CNCCOC)cn1. The van der Waals surface area contributed by atoms with Crippen LogP contribution in [0.1, 0.15) is 31.7 Å². The third-order valence-corrected chi connectivity index (χ3v) is 3.87. The largest absolute Gasteiger partial charge is 0.383 e. The first kappa shape index (κ1) is 15.2. The van der Waals surface area contributed by atoms with Crippen molar-refractivity contribution in [2.45, 2.75) is 32.7 Å². The number of aromatic nitrogens is 2. The maximum atomic E-state index is 5.00. The summed E-state index contributed by atoms with van der Waals surface area (Å²) in [6.45, 7) is 6.61. The highest BCUT2D eigenvalue weighted by Gasteiger charge is 2.21. The van der Waals surface area contributed by atoms with Gasteiger partial charge in [-0.25, -0.2) is 9.97 Å². The van der Waals surface area contributed by atoms with E-state index in [-0.39, 0.29) is 0 Å². The minimum atomic E-state index is 0.726. The van der Waals surface area contributed by atoms with Crippen molar-refractivity contribution in [3.63, 3.8) is 0 Å². The molecule has 2 rings (SSSR count). The number of methoxy groups -OCH3 is 1. The van der Waals surface area contributed by atoms with Crippen LogP contribution in [0.25, 0.3) is 0 Å². The number of nitrogens with zero attached hydrogens (tertiary/aromatic N) is 3. The van der Waals surface area contributed by atoms with Gasteiger partial charge in [-0.15, -0.1) is 0 Å². The van der Waals surface area contributed by atoms with Gasteiger partial charge in [-0.3, -0.25) is 0 Å². The lowest BCUT2D eigenvalue weighted by atomic mass is 9.85. The second-order valence-corrected chi connectivity index (χ2v) is 5.40. The molecule has 0 spiro atoms. The maximum absolute atomic E-state index is 5.00. The topological polar surface area (TPSA) is 50.3 Å². The van der Waals surface area contributed by atoms with Crippen molar-refractivity contribution < 1.29 is 4.74 Å². The third-order valence-electron chi connectivity index (χ3n) is 3.87. The van der Waals surface area contributed by atoms with Crippen molar-refractivity contribution in [3.05, 3.63) is 18.0 Å². The Labute approximate surface area is 121 Å². The van der Waals surface area contributed by atoms with Crippen LogP contribution < -0.4 is 10.2 Å². The van der Waals surface area contributed by atoms with Crippen LogP contribution in [-0.4, -0.2) is 43.3 Å². The van der Waals surface area contributed by atoms with E-state index in [0.29, 0.717) is 0 Å². The molecule has 0 aromatic carbocycles. The van der Waals surface area contributed by atoms with E-state index in [2.05, 4.69) is 27.1 Å². The molecular weight excluding hydrogens is 252 g/mol. The molecular formula is C15H26N4O. The summed E-state index contributed by atoms with van der Waals surface area (Å²) in [6, 6.07) is 0. The molecule has 0 bridgehead atoms. The van der Waals surface area contributed by atoms with E-state index in [4.69, 9.17) is 4.74 Å². The molecule has 0 unspecified atom stereocenters. The molecule has 0 amide bonds. The quantitative estimate of drug-likeness (QED) is 0.699. The second kappa shape index (κ2) is 8.17. The number of hydrogen-bond acceptors (Lipinski definition) is 5. The Bertz CT molecular complexity index is 378. The molecule has 0 aliphatic heterocycles. The fourth-order valence-corrected chi connectivity index (χ4v) is 2.35. The number of anilines is 1. The van der Waals surface area contributed by atoms with E-state index in [1.807, 2.05) is 12.4 Å². The summed E-state index contributed by atoms with van der Waals surface area (Å²) in [7, 11) is 1.71.